The third-order valence-corrected chi connectivity index (χ3v) is 5.70. The van der Waals surface area contributed by atoms with Crippen LogP contribution < -0.4 is 0 Å². The van der Waals surface area contributed by atoms with Gasteiger partial charge in [-0.15, -0.1) is 17.0 Å². The first kappa shape index (κ1) is 18.3. The summed E-state index contributed by atoms with van der Waals surface area (Å²) in [4.78, 5) is 2.62. The summed E-state index contributed by atoms with van der Waals surface area (Å²) in [6, 6.07) is 8.93. The van der Waals surface area contributed by atoms with Gasteiger partial charge in [-0.1, -0.05) is 44.0 Å². The molecule has 0 unspecified atom stereocenters. The van der Waals surface area contributed by atoms with Gasteiger partial charge in [0.1, 0.15) is 0 Å². The Balaban J connectivity index is 0.00000182. The molecule has 0 bridgehead atoms. The number of aromatic hydroxyl groups is 2. The maximum atomic E-state index is 10.5. The lowest BCUT2D eigenvalue weighted by atomic mass is 9.80. The Morgan fingerprint density at radius 3 is 2.60 bits per heavy atom. The number of phenolic OH excluding ortho intramolecular Hbond substituents is 2. The number of hydrogen-bond donors (Lipinski definition) is 2. The molecule has 2 aromatic rings. The van der Waals surface area contributed by atoms with Crippen LogP contribution in [0.1, 0.15) is 61.0 Å². The molecule has 25 heavy (non-hydrogen) atoms. The highest BCUT2D eigenvalue weighted by atomic mass is 79.9. The number of phenols is 2. The Hall–Kier alpha value is -1.52. The van der Waals surface area contributed by atoms with Gasteiger partial charge in [0.2, 0.25) is 0 Å². The molecule has 2 N–H and O–H groups in total. The first-order chi connectivity index (χ1) is 11.6. The van der Waals surface area contributed by atoms with Crippen molar-refractivity contribution in [3.05, 3.63) is 46.5 Å². The van der Waals surface area contributed by atoms with Gasteiger partial charge in [-0.25, -0.2) is 0 Å². The van der Waals surface area contributed by atoms with Crippen LogP contribution in [0.15, 0.2) is 24.3 Å². The van der Waals surface area contributed by atoms with Crippen molar-refractivity contribution in [3.8, 4) is 22.6 Å². The van der Waals surface area contributed by atoms with E-state index >= 15 is 0 Å². The molecule has 0 amide bonds. The molecular formula is C21H26BrNO2. The maximum Gasteiger partial charge on any atom is 0.165 e. The van der Waals surface area contributed by atoms with Crippen LogP contribution in [0.4, 0.5) is 0 Å². The van der Waals surface area contributed by atoms with Crippen LogP contribution >= 0.6 is 17.0 Å². The Morgan fingerprint density at radius 2 is 1.92 bits per heavy atom. The number of aryl methyl sites for hydroxylation is 1. The molecule has 2 aliphatic rings. The second kappa shape index (κ2) is 6.65. The molecule has 0 radical (unpaired) electrons. The Bertz CT molecular complexity index is 818. The molecule has 2 aromatic carbocycles. The largest absolute Gasteiger partial charge is 0.504 e. The average Bonchev–Trinajstić information content (AvgIpc) is 2.85. The zero-order chi connectivity index (χ0) is 17.0. The summed E-state index contributed by atoms with van der Waals surface area (Å²) in [7, 11) is 0. The van der Waals surface area contributed by atoms with E-state index in [1.54, 1.807) is 6.07 Å². The molecule has 0 saturated carbocycles. The summed E-state index contributed by atoms with van der Waals surface area (Å²) in [5.41, 5.74) is 7.09. The van der Waals surface area contributed by atoms with Crippen LogP contribution in [0, 0.1) is 6.92 Å². The number of hydrogen-bond acceptors (Lipinski definition) is 3. The van der Waals surface area contributed by atoms with E-state index in [1.165, 1.54) is 16.7 Å². The van der Waals surface area contributed by atoms with Crippen molar-refractivity contribution < 1.29 is 10.2 Å². The molecule has 0 spiro atoms. The summed E-state index contributed by atoms with van der Waals surface area (Å²) < 4.78 is 0. The fourth-order valence-corrected chi connectivity index (χ4v) is 4.80. The molecule has 1 heterocycles. The highest BCUT2D eigenvalue weighted by Gasteiger charge is 2.42. The van der Waals surface area contributed by atoms with E-state index in [9.17, 15) is 10.2 Å². The van der Waals surface area contributed by atoms with Gasteiger partial charge in [0.15, 0.2) is 11.5 Å². The molecule has 2 atom stereocenters. The fraction of sp³-hybridized carbons (Fsp3) is 0.429. The first-order valence-electron chi connectivity index (χ1n) is 9.01. The summed E-state index contributed by atoms with van der Waals surface area (Å²) >= 11 is 0. The van der Waals surface area contributed by atoms with E-state index in [2.05, 4.69) is 37.8 Å². The predicted molar refractivity (Wildman–Crippen MR) is 107 cm³/mol. The Morgan fingerprint density at radius 1 is 1.16 bits per heavy atom. The third kappa shape index (κ3) is 2.58. The van der Waals surface area contributed by atoms with Gasteiger partial charge < -0.3 is 10.2 Å². The molecule has 4 heteroatoms. The van der Waals surface area contributed by atoms with Gasteiger partial charge in [0.05, 0.1) is 0 Å². The summed E-state index contributed by atoms with van der Waals surface area (Å²) in [5.74, 6) is -0.00125. The molecule has 3 nitrogen and oxygen atoms in total. The van der Waals surface area contributed by atoms with Crippen LogP contribution in [0.5, 0.6) is 11.5 Å². The number of halogens is 1. The van der Waals surface area contributed by atoms with Crippen LogP contribution in [-0.2, 0) is 6.42 Å². The fourth-order valence-electron chi connectivity index (χ4n) is 4.80. The average molecular weight is 404 g/mol. The molecule has 1 aliphatic heterocycles. The maximum absolute atomic E-state index is 10.5. The molecule has 134 valence electrons. The van der Waals surface area contributed by atoms with Crippen molar-refractivity contribution >= 4 is 17.0 Å². The van der Waals surface area contributed by atoms with E-state index in [-0.39, 0.29) is 28.5 Å². The smallest absolute Gasteiger partial charge is 0.165 e. The summed E-state index contributed by atoms with van der Waals surface area (Å²) in [6.45, 7) is 7.64. The molecule has 4 rings (SSSR count). The Labute approximate surface area is 160 Å². The number of rotatable bonds is 3. The standard InChI is InChI=1S/C21H25NO2.BrH/c1-4-6-16-14-9-12(3)10-15-19-13(7-8-18(23)21(19)24)11-17(20(14)15)22(16)5-2;/h7-10,16-17,23-24H,4-6,11H2,1-3H3;1H/t16-,17+;/m0./s1. The van der Waals surface area contributed by atoms with Crippen LogP contribution in [0.2, 0.25) is 0 Å². The van der Waals surface area contributed by atoms with Crippen LogP contribution in [0.3, 0.4) is 0 Å². The lowest BCUT2D eigenvalue weighted by molar-refractivity contribution is 0.160. The summed E-state index contributed by atoms with van der Waals surface area (Å²) in [6.07, 6.45) is 3.23. The topological polar surface area (TPSA) is 43.7 Å². The zero-order valence-corrected chi connectivity index (χ0v) is 16.8. The van der Waals surface area contributed by atoms with Gasteiger partial charge in [-0.05, 0) is 54.6 Å². The third-order valence-electron chi connectivity index (χ3n) is 5.70. The molecule has 0 saturated heterocycles. The van der Waals surface area contributed by atoms with Gasteiger partial charge in [-0.3, -0.25) is 4.90 Å². The highest BCUT2D eigenvalue weighted by molar-refractivity contribution is 8.93. The number of nitrogens with zero attached hydrogens (tertiary/aromatic N) is 1. The highest BCUT2D eigenvalue weighted by Crippen LogP contribution is 2.55. The minimum atomic E-state index is -0.0297. The van der Waals surface area contributed by atoms with E-state index in [0.29, 0.717) is 12.1 Å². The van der Waals surface area contributed by atoms with Gasteiger partial charge >= 0.3 is 0 Å². The van der Waals surface area contributed by atoms with E-state index < -0.39 is 0 Å². The van der Waals surface area contributed by atoms with Crippen molar-refractivity contribution in [2.75, 3.05) is 6.54 Å². The SMILES string of the molecule is Br.CCC[C@H]1c2cc(C)cc3c2[C@@H](Cc2ccc(O)c(O)c2-3)N1CC. The van der Waals surface area contributed by atoms with Crippen molar-refractivity contribution in [1.82, 2.24) is 4.90 Å². The van der Waals surface area contributed by atoms with Crippen molar-refractivity contribution in [3.63, 3.8) is 0 Å². The monoisotopic (exact) mass is 403 g/mol. The lowest BCUT2D eigenvalue weighted by Gasteiger charge is -2.32. The summed E-state index contributed by atoms with van der Waals surface area (Å²) in [5, 5.41) is 20.5. The predicted octanol–water partition coefficient (Wildman–Crippen LogP) is 5.43. The molecule has 1 aliphatic carbocycles. The van der Waals surface area contributed by atoms with Gasteiger partial charge in [0.25, 0.3) is 0 Å². The van der Waals surface area contributed by atoms with E-state index in [0.717, 1.165) is 42.5 Å². The van der Waals surface area contributed by atoms with Crippen LogP contribution in [-0.4, -0.2) is 21.7 Å². The minimum Gasteiger partial charge on any atom is -0.504 e. The number of fused-ring (bicyclic) bond motifs is 2. The van der Waals surface area contributed by atoms with Gasteiger partial charge in [-0.2, -0.15) is 0 Å². The molecule has 0 aromatic heterocycles. The molecule has 0 fully saturated rings. The second-order valence-corrected chi connectivity index (χ2v) is 7.14. The first-order valence-corrected chi connectivity index (χ1v) is 9.01. The van der Waals surface area contributed by atoms with Crippen molar-refractivity contribution in [2.45, 2.75) is 52.1 Å². The van der Waals surface area contributed by atoms with Gasteiger partial charge in [0, 0.05) is 17.6 Å². The Kier molecular flexibility index (Phi) is 4.86. The van der Waals surface area contributed by atoms with Crippen molar-refractivity contribution in [2.24, 2.45) is 0 Å². The lowest BCUT2D eigenvalue weighted by Crippen LogP contribution is -2.28. The zero-order valence-electron chi connectivity index (χ0n) is 15.0. The minimum absolute atomic E-state index is 0. The van der Waals surface area contributed by atoms with Crippen LogP contribution in [0.25, 0.3) is 11.1 Å². The molecular weight excluding hydrogens is 378 g/mol. The van der Waals surface area contributed by atoms with Crippen molar-refractivity contribution in [1.29, 1.82) is 0 Å². The number of benzene rings is 2. The van der Waals surface area contributed by atoms with E-state index in [4.69, 9.17) is 0 Å². The normalized spacial score (nSPS) is 20.8. The second-order valence-electron chi connectivity index (χ2n) is 7.14. The quantitative estimate of drug-likeness (QED) is 0.671. The van der Waals surface area contributed by atoms with E-state index in [1.807, 2.05) is 6.07 Å². The number of likely N-dealkylation sites (N-methyl/N-ethyl adjacent to an activating group) is 1.